The van der Waals surface area contributed by atoms with Gasteiger partial charge >= 0.3 is 10.1 Å². The van der Waals surface area contributed by atoms with E-state index >= 15 is 0 Å². The number of ether oxygens (including phenoxy) is 1. The first-order valence-electron chi connectivity index (χ1n) is 13.1. The number of nitrogens with one attached hydrogen (secondary N) is 2. The number of hydrazone groups is 1. The topological polar surface area (TPSA) is 140 Å². The van der Waals surface area contributed by atoms with Crippen molar-refractivity contribution in [1.82, 2.24) is 10.1 Å². The minimum Gasteiger partial charge on any atom is -0.490 e. The van der Waals surface area contributed by atoms with Gasteiger partial charge < -0.3 is 8.92 Å². The van der Waals surface area contributed by atoms with Crippen molar-refractivity contribution in [2.45, 2.75) is 56.9 Å². The number of rotatable bonds is 13. The summed E-state index contributed by atoms with van der Waals surface area (Å²) in [5, 5.41) is 3.99. The summed E-state index contributed by atoms with van der Waals surface area (Å²) in [6, 6.07) is 14.6. The summed E-state index contributed by atoms with van der Waals surface area (Å²) < 4.78 is 65.4. The molecule has 0 aromatic heterocycles. The molecule has 0 aliphatic carbocycles. The second kappa shape index (κ2) is 14.3. The van der Waals surface area contributed by atoms with Gasteiger partial charge in [0.2, 0.25) is 10.0 Å². The van der Waals surface area contributed by atoms with E-state index in [9.17, 15) is 21.6 Å². The zero-order valence-corrected chi connectivity index (χ0v) is 27.1. The SMILES string of the molecule is CCOc1cc(/C=N\NC(=O)[C@@H](CC(C)C)NS(=O)(=O)c2ccc(C)cc2)cc(Br)c1OS(=O)(=O)c1ccc(C)cc1. The molecule has 3 aromatic carbocycles. The van der Waals surface area contributed by atoms with Crippen LogP contribution in [0.25, 0.3) is 0 Å². The largest absolute Gasteiger partial charge is 0.490 e. The van der Waals surface area contributed by atoms with Gasteiger partial charge in [0.1, 0.15) is 10.9 Å². The summed E-state index contributed by atoms with van der Waals surface area (Å²) in [5.74, 6) is -0.525. The molecule has 0 radical (unpaired) electrons. The number of benzene rings is 3. The minimum atomic E-state index is -4.15. The number of sulfonamides is 1. The lowest BCUT2D eigenvalue weighted by Crippen LogP contribution is -2.46. The maximum atomic E-state index is 13.0. The number of carbonyl (C=O) groups is 1. The number of hydrogen-bond acceptors (Lipinski definition) is 8. The molecule has 0 unspecified atom stereocenters. The Morgan fingerprint density at radius 1 is 0.952 bits per heavy atom. The van der Waals surface area contributed by atoms with Gasteiger partial charge in [-0.05, 0) is 91.0 Å². The maximum absolute atomic E-state index is 13.0. The Hall–Kier alpha value is -3.26. The molecule has 2 N–H and O–H groups in total. The highest BCUT2D eigenvalue weighted by Crippen LogP contribution is 2.38. The van der Waals surface area contributed by atoms with E-state index in [2.05, 4.69) is 31.2 Å². The van der Waals surface area contributed by atoms with E-state index in [1.165, 1.54) is 36.5 Å². The molecule has 3 aromatic rings. The lowest BCUT2D eigenvalue weighted by Gasteiger charge is -2.19. The predicted octanol–water partition coefficient (Wildman–Crippen LogP) is 5.08. The van der Waals surface area contributed by atoms with Crippen LogP contribution in [0, 0.1) is 19.8 Å². The van der Waals surface area contributed by atoms with Gasteiger partial charge in [0.15, 0.2) is 11.5 Å². The zero-order valence-electron chi connectivity index (χ0n) is 23.9. The van der Waals surface area contributed by atoms with Crippen LogP contribution in [0.3, 0.4) is 0 Å². The average Bonchev–Trinajstić information content (AvgIpc) is 2.90. The molecule has 42 heavy (non-hydrogen) atoms. The molecular formula is C29H34BrN3O7S2. The van der Waals surface area contributed by atoms with Crippen LogP contribution in [0.1, 0.15) is 43.9 Å². The maximum Gasteiger partial charge on any atom is 0.339 e. The molecule has 226 valence electrons. The number of amides is 1. The zero-order chi connectivity index (χ0) is 31.1. The van der Waals surface area contributed by atoms with Crippen molar-refractivity contribution >= 4 is 48.2 Å². The molecule has 13 heteroatoms. The highest BCUT2D eigenvalue weighted by Gasteiger charge is 2.27. The van der Waals surface area contributed by atoms with Gasteiger partial charge in [0.05, 0.1) is 22.2 Å². The quantitative estimate of drug-likeness (QED) is 0.146. The fourth-order valence-electron chi connectivity index (χ4n) is 3.77. The van der Waals surface area contributed by atoms with Crippen LogP contribution >= 0.6 is 15.9 Å². The lowest BCUT2D eigenvalue weighted by atomic mass is 10.0. The third kappa shape index (κ3) is 9.12. The van der Waals surface area contributed by atoms with Gasteiger partial charge in [-0.3, -0.25) is 4.79 Å². The van der Waals surface area contributed by atoms with Crippen LogP contribution < -0.4 is 19.1 Å². The van der Waals surface area contributed by atoms with Crippen LogP contribution in [0.4, 0.5) is 0 Å². The standard InChI is InChI=1S/C29H34BrN3O7S2/c1-6-39-27-17-22(16-25(30)28(27)40-42(37,38)24-13-9-21(5)10-14-24)18-31-32-29(34)26(15-19(2)3)33-41(35,36)23-11-7-20(4)8-12-23/h7-14,16-19,26,33H,6,15H2,1-5H3,(H,32,34)/b31-18-/t26-/m1/s1. The van der Waals surface area contributed by atoms with Crippen LogP contribution in [-0.4, -0.2) is 41.6 Å². The smallest absolute Gasteiger partial charge is 0.339 e. The van der Waals surface area contributed by atoms with Crippen LogP contribution in [0.15, 0.2) is 80.0 Å². The molecule has 0 aliphatic heterocycles. The molecule has 0 spiro atoms. The molecule has 0 fully saturated rings. The second-order valence-corrected chi connectivity index (χ2v) is 14.1. The van der Waals surface area contributed by atoms with Crippen molar-refractivity contribution in [2.75, 3.05) is 6.61 Å². The van der Waals surface area contributed by atoms with E-state index in [0.717, 1.165) is 11.1 Å². The molecule has 0 bridgehead atoms. The molecule has 0 saturated carbocycles. The number of hydrogen-bond donors (Lipinski definition) is 2. The van der Waals surface area contributed by atoms with E-state index in [1.54, 1.807) is 37.3 Å². The van der Waals surface area contributed by atoms with Crippen molar-refractivity contribution in [1.29, 1.82) is 0 Å². The Bertz CT molecular complexity index is 1640. The fraction of sp³-hybridized carbons (Fsp3) is 0.310. The number of nitrogens with zero attached hydrogens (tertiary/aromatic N) is 1. The van der Waals surface area contributed by atoms with Gasteiger partial charge in [-0.15, -0.1) is 0 Å². The molecule has 10 nitrogen and oxygen atoms in total. The molecule has 0 saturated heterocycles. The molecule has 1 amide bonds. The van der Waals surface area contributed by atoms with Crippen molar-refractivity contribution < 1.29 is 30.6 Å². The molecule has 0 heterocycles. The number of aryl methyl sites for hydroxylation is 2. The Morgan fingerprint density at radius 2 is 1.52 bits per heavy atom. The summed E-state index contributed by atoms with van der Waals surface area (Å²) in [6.45, 7) is 9.40. The van der Waals surface area contributed by atoms with Crippen LogP contribution in [0.5, 0.6) is 11.5 Å². The Labute approximate surface area is 255 Å². The normalized spacial score (nSPS) is 12.8. The summed E-state index contributed by atoms with van der Waals surface area (Å²) in [4.78, 5) is 13.0. The van der Waals surface area contributed by atoms with Gasteiger partial charge in [-0.2, -0.15) is 18.2 Å². The summed E-state index contributed by atoms with van der Waals surface area (Å²) >= 11 is 3.34. The number of halogens is 1. The van der Waals surface area contributed by atoms with Crippen LogP contribution in [0.2, 0.25) is 0 Å². The van der Waals surface area contributed by atoms with Gasteiger partial charge in [-0.1, -0.05) is 49.2 Å². The summed E-state index contributed by atoms with van der Waals surface area (Å²) in [6.07, 6.45) is 1.57. The molecule has 0 aliphatic rings. The first-order valence-corrected chi connectivity index (χ1v) is 16.8. The highest BCUT2D eigenvalue weighted by molar-refractivity contribution is 9.10. The minimum absolute atomic E-state index is 0.00949. The Morgan fingerprint density at radius 3 is 2.07 bits per heavy atom. The summed E-state index contributed by atoms with van der Waals surface area (Å²) in [5.41, 5.74) is 4.65. The van der Waals surface area contributed by atoms with Crippen molar-refractivity contribution in [3.8, 4) is 11.5 Å². The lowest BCUT2D eigenvalue weighted by molar-refractivity contribution is -0.123. The first kappa shape index (κ1) is 33.2. The average molecular weight is 681 g/mol. The fourth-order valence-corrected chi connectivity index (χ4v) is 6.58. The molecular weight excluding hydrogens is 646 g/mol. The predicted molar refractivity (Wildman–Crippen MR) is 165 cm³/mol. The Kier molecular flexibility index (Phi) is 11.3. The van der Waals surface area contributed by atoms with Gasteiger partial charge in [0, 0.05) is 0 Å². The van der Waals surface area contributed by atoms with Crippen molar-refractivity contribution in [3.05, 3.63) is 81.8 Å². The Balaban J connectivity index is 1.79. The van der Waals surface area contributed by atoms with E-state index in [1.807, 2.05) is 27.7 Å². The molecule has 3 rings (SSSR count). The second-order valence-electron chi connectivity index (χ2n) is 9.96. The third-order valence-electron chi connectivity index (χ3n) is 5.88. The van der Waals surface area contributed by atoms with E-state index < -0.39 is 32.1 Å². The van der Waals surface area contributed by atoms with E-state index in [-0.39, 0.29) is 44.7 Å². The third-order valence-corrected chi connectivity index (χ3v) is 9.19. The summed E-state index contributed by atoms with van der Waals surface area (Å²) in [7, 11) is -8.10. The first-order chi connectivity index (χ1) is 19.7. The highest BCUT2D eigenvalue weighted by atomic mass is 79.9. The van der Waals surface area contributed by atoms with Crippen molar-refractivity contribution in [2.24, 2.45) is 11.0 Å². The monoisotopic (exact) mass is 679 g/mol. The molecule has 1 atom stereocenters. The van der Waals surface area contributed by atoms with Crippen LogP contribution in [-0.2, 0) is 24.9 Å². The number of carbonyl (C=O) groups excluding carboxylic acids is 1. The van der Waals surface area contributed by atoms with Gasteiger partial charge in [0.25, 0.3) is 5.91 Å². The van der Waals surface area contributed by atoms with Crippen molar-refractivity contribution in [3.63, 3.8) is 0 Å². The van der Waals surface area contributed by atoms with E-state index in [0.29, 0.717) is 5.56 Å². The van der Waals surface area contributed by atoms with Gasteiger partial charge in [-0.25, -0.2) is 13.8 Å². The van der Waals surface area contributed by atoms with E-state index in [4.69, 9.17) is 8.92 Å².